The smallest absolute Gasteiger partial charge is 0.339 e. The van der Waals surface area contributed by atoms with Crippen molar-refractivity contribution < 1.29 is 19.1 Å². The zero-order valence-electron chi connectivity index (χ0n) is 16.6. The Morgan fingerprint density at radius 3 is 2.63 bits per heavy atom. The van der Waals surface area contributed by atoms with E-state index in [0.717, 1.165) is 24.2 Å². The van der Waals surface area contributed by atoms with Gasteiger partial charge < -0.3 is 15.0 Å². The molecular formula is C22H23FN4O3. The fraction of sp³-hybridized carbons (Fsp3) is 0.318. The molecule has 1 aliphatic rings. The minimum atomic E-state index is -1.82. The number of nitrogens with one attached hydrogen (secondary N) is 1. The molecule has 1 amide bonds. The number of aromatic carboxylic acids is 1. The molecule has 156 valence electrons. The summed E-state index contributed by atoms with van der Waals surface area (Å²) >= 11 is 0. The Bertz CT molecular complexity index is 1070. The number of anilines is 1. The number of amides is 1. The zero-order chi connectivity index (χ0) is 21.3. The van der Waals surface area contributed by atoms with Gasteiger partial charge in [0.25, 0.3) is 5.91 Å². The van der Waals surface area contributed by atoms with Gasteiger partial charge in [-0.25, -0.2) is 13.9 Å². The first-order valence-electron chi connectivity index (χ1n) is 9.98. The van der Waals surface area contributed by atoms with Crippen LogP contribution in [0.3, 0.4) is 0 Å². The van der Waals surface area contributed by atoms with Crippen LogP contribution in [0.5, 0.6) is 0 Å². The molecule has 2 aromatic heterocycles. The fourth-order valence-corrected chi connectivity index (χ4v) is 3.57. The Labute approximate surface area is 173 Å². The molecular weight excluding hydrogens is 387 g/mol. The van der Waals surface area contributed by atoms with Crippen LogP contribution in [0.4, 0.5) is 10.1 Å². The van der Waals surface area contributed by atoms with Crippen LogP contribution < -0.4 is 5.32 Å². The minimum Gasteiger partial charge on any atom is -0.478 e. The number of benzene rings is 1. The van der Waals surface area contributed by atoms with Gasteiger partial charge in [-0.05, 0) is 37.5 Å². The van der Waals surface area contributed by atoms with Gasteiger partial charge in [-0.15, -0.1) is 0 Å². The van der Waals surface area contributed by atoms with Crippen LogP contribution in [0.1, 0.15) is 47.3 Å². The van der Waals surface area contributed by atoms with Crippen LogP contribution in [0.15, 0.2) is 48.9 Å². The van der Waals surface area contributed by atoms with Crippen molar-refractivity contribution in [3.8, 4) is 5.69 Å². The highest BCUT2D eigenvalue weighted by atomic mass is 19.1. The standard InChI is InChI=1S/C22H23FN4O3/c1-2-26-12-17(22(29)30)19(13-26)25-21(28)18(23)10-15-11-24-27(20(15)14-8-9-14)16-6-4-3-5-7-16/h3-7,11-14,18H,2,8-10H2,1H3,(H,25,28)(H,29,30). The Kier molecular flexibility index (Phi) is 5.39. The van der Waals surface area contributed by atoms with Crippen molar-refractivity contribution in [3.05, 3.63) is 65.7 Å². The van der Waals surface area contributed by atoms with Crippen molar-refractivity contribution >= 4 is 17.6 Å². The molecule has 7 nitrogen and oxygen atoms in total. The van der Waals surface area contributed by atoms with Crippen molar-refractivity contribution in [2.24, 2.45) is 0 Å². The molecule has 1 unspecified atom stereocenters. The summed E-state index contributed by atoms with van der Waals surface area (Å²) in [6, 6.07) is 9.63. The Balaban J connectivity index is 1.53. The highest BCUT2D eigenvalue weighted by molar-refractivity contribution is 6.01. The number of carbonyl (C=O) groups is 2. The summed E-state index contributed by atoms with van der Waals surface area (Å²) in [7, 11) is 0. The molecule has 0 saturated heterocycles. The van der Waals surface area contributed by atoms with Crippen LogP contribution in [0.25, 0.3) is 5.69 Å². The average molecular weight is 410 g/mol. The lowest BCUT2D eigenvalue weighted by Crippen LogP contribution is -2.26. The van der Waals surface area contributed by atoms with E-state index in [1.807, 2.05) is 41.9 Å². The van der Waals surface area contributed by atoms with Gasteiger partial charge >= 0.3 is 5.97 Å². The first-order valence-corrected chi connectivity index (χ1v) is 9.98. The predicted molar refractivity (Wildman–Crippen MR) is 110 cm³/mol. The number of carboxylic acid groups (broad SMARTS) is 1. The maximum atomic E-state index is 14.9. The average Bonchev–Trinajstić information content (AvgIpc) is 3.36. The molecule has 0 spiro atoms. The number of aryl methyl sites for hydroxylation is 1. The Morgan fingerprint density at radius 2 is 2.00 bits per heavy atom. The number of carbonyl (C=O) groups excluding carboxylic acids is 1. The molecule has 1 saturated carbocycles. The minimum absolute atomic E-state index is 0.0621. The van der Waals surface area contributed by atoms with Crippen molar-refractivity contribution in [3.63, 3.8) is 0 Å². The number of rotatable bonds is 8. The van der Waals surface area contributed by atoms with E-state index < -0.39 is 18.0 Å². The molecule has 0 aliphatic heterocycles. The molecule has 1 aliphatic carbocycles. The van der Waals surface area contributed by atoms with Crippen molar-refractivity contribution in [1.29, 1.82) is 0 Å². The normalized spacial score (nSPS) is 14.5. The van der Waals surface area contributed by atoms with Crippen molar-refractivity contribution in [2.45, 2.75) is 44.8 Å². The Hall–Kier alpha value is -3.42. The molecule has 1 atom stereocenters. The molecule has 0 bridgehead atoms. The summed E-state index contributed by atoms with van der Waals surface area (Å²) in [5, 5.41) is 16.2. The van der Waals surface area contributed by atoms with Crippen molar-refractivity contribution in [1.82, 2.24) is 14.3 Å². The quantitative estimate of drug-likeness (QED) is 0.591. The number of carboxylic acids is 1. The van der Waals surface area contributed by atoms with E-state index >= 15 is 0 Å². The third-order valence-electron chi connectivity index (χ3n) is 5.27. The summed E-state index contributed by atoms with van der Waals surface area (Å²) in [6.45, 7) is 2.39. The van der Waals surface area contributed by atoms with Gasteiger partial charge in [0.2, 0.25) is 0 Å². The number of hydrogen-bond acceptors (Lipinski definition) is 3. The largest absolute Gasteiger partial charge is 0.478 e. The molecule has 1 aromatic carbocycles. The maximum Gasteiger partial charge on any atom is 0.339 e. The van der Waals surface area contributed by atoms with Crippen molar-refractivity contribution in [2.75, 3.05) is 5.32 Å². The van der Waals surface area contributed by atoms with E-state index in [1.165, 1.54) is 12.4 Å². The number of halogens is 1. The van der Waals surface area contributed by atoms with Crippen LogP contribution in [-0.4, -0.2) is 37.5 Å². The molecule has 8 heteroatoms. The number of aromatic nitrogens is 3. The molecule has 2 N–H and O–H groups in total. The number of para-hydroxylation sites is 1. The lowest BCUT2D eigenvalue weighted by atomic mass is 10.1. The van der Waals surface area contributed by atoms with Gasteiger partial charge in [-0.3, -0.25) is 4.79 Å². The second-order valence-corrected chi connectivity index (χ2v) is 7.46. The monoisotopic (exact) mass is 410 g/mol. The van der Waals surface area contributed by atoms with Crippen LogP contribution in [0.2, 0.25) is 0 Å². The van der Waals surface area contributed by atoms with Gasteiger partial charge in [0, 0.05) is 31.3 Å². The molecule has 4 rings (SSSR count). The van der Waals surface area contributed by atoms with E-state index in [9.17, 15) is 19.1 Å². The summed E-state index contributed by atoms with van der Waals surface area (Å²) in [6.07, 6.45) is 4.64. The fourth-order valence-electron chi connectivity index (χ4n) is 3.57. The zero-order valence-corrected chi connectivity index (χ0v) is 16.6. The number of nitrogens with zero attached hydrogens (tertiary/aromatic N) is 3. The van der Waals surface area contributed by atoms with Crippen LogP contribution in [0, 0.1) is 0 Å². The topological polar surface area (TPSA) is 89.2 Å². The predicted octanol–water partition coefficient (Wildman–Crippen LogP) is 3.79. The van der Waals surface area contributed by atoms with E-state index in [1.54, 1.807) is 10.8 Å². The third-order valence-corrected chi connectivity index (χ3v) is 5.27. The highest BCUT2D eigenvalue weighted by Gasteiger charge is 2.32. The van der Waals surface area contributed by atoms with Gasteiger partial charge in [-0.2, -0.15) is 5.10 Å². The molecule has 1 fully saturated rings. The SMILES string of the molecule is CCn1cc(NC(=O)C(F)Cc2cnn(-c3ccccc3)c2C2CC2)c(C(=O)O)c1. The summed E-state index contributed by atoms with van der Waals surface area (Å²) in [4.78, 5) is 23.8. The Morgan fingerprint density at radius 1 is 1.27 bits per heavy atom. The first-order chi connectivity index (χ1) is 14.5. The van der Waals surface area contributed by atoms with E-state index in [4.69, 9.17) is 0 Å². The third kappa shape index (κ3) is 3.98. The van der Waals surface area contributed by atoms with E-state index in [0.29, 0.717) is 18.0 Å². The first kappa shape index (κ1) is 19.9. The highest BCUT2D eigenvalue weighted by Crippen LogP contribution is 2.42. The lowest BCUT2D eigenvalue weighted by molar-refractivity contribution is -0.120. The summed E-state index contributed by atoms with van der Waals surface area (Å²) in [5.74, 6) is -1.72. The number of alkyl halides is 1. The van der Waals surface area contributed by atoms with Gasteiger partial charge in [-0.1, -0.05) is 18.2 Å². The van der Waals surface area contributed by atoms with Crippen LogP contribution in [-0.2, 0) is 17.8 Å². The molecule has 2 heterocycles. The van der Waals surface area contributed by atoms with E-state index in [2.05, 4.69) is 10.4 Å². The molecule has 30 heavy (non-hydrogen) atoms. The van der Waals surface area contributed by atoms with Crippen LogP contribution >= 0.6 is 0 Å². The molecule has 3 aromatic rings. The maximum absolute atomic E-state index is 14.9. The van der Waals surface area contributed by atoms with Gasteiger partial charge in [0.1, 0.15) is 5.56 Å². The lowest BCUT2D eigenvalue weighted by Gasteiger charge is -2.11. The number of hydrogen-bond donors (Lipinski definition) is 2. The second-order valence-electron chi connectivity index (χ2n) is 7.46. The molecule has 0 radical (unpaired) electrons. The second kappa shape index (κ2) is 8.14. The summed E-state index contributed by atoms with van der Waals surface area (Å²) < 4.78 is 18.3. The summed E-state index contributed by atoms with van der Waals surface area (Å²) in [5.41, 5.74) is 2.58. The van der Waals surface area contributed by atoms with Gasteiger partial charge in [0.15, 0.2) is 6.17 Å². The van der Waals surface area contributed by atoms with Gasteiger partial charge in [0.05, 0.1) is 23.3 Å². The van der Waals surface area contributed by atoms with E-state index in [-0.39, 0.29) is 17.7 Å².